The van der Waals surface area contributed by atoms with E-state index in [-0.39, 0.29) is 16.7 Å². The molecule has 0 radical (unpaired) electrons. The largest absolute Gasteiger partial charge is 0.497 e. The summed E-state index contributed by atoms with van der Waals surface area (Å²) in [4.78, 5) is 31.1. The van der Waals surface area contributed by atoms with Gasteiger partial charge < -0.3 is 14.7 Å². The Morgan fingerprint density at radius 1 is 1.14 bits per heavy atom. The zero-order valence-corrected chi connectivity index (χ0v) is 14.9. The minimum atomic E-state index is -0.463. The number of ether oxygens (including phenoxy) is 1. The highest BCUT2D eigenvalue weighted by Crippen LogP contribution is 2.26. The number of hydrogen-bond donors (Lipinski definition) is 2. The van der Waals surface area contributed by atoms with Crippen LogP contribution in [0, 0.1) is 11.3 Å². The highest BCUT2D eigenvalue weighted by atomic mass is 16.5. The quantitative estimate of drug-likeness (QED) is 0.325. The summed E-state index contributed by atoms with van der Waals surface area (Å²) in [6, 6.07) is 16.2. The van der Waals surface area contributed by atoms with Gasteiger partial charge in [-0.25, -0.2) is 0 Å². The Balaban J connectivity index is 1.81. The second-order valence-corrected chi connectivity index (χ2v) is 6.25. The molecular formula is C22H15N3O3. The Morgan fingerprint density at radius 3 is 2.75 bits per heavy atom. The van der Waals surface area contributed by atoms with Crippen LogP contribution in [0.1, 0.15) is 15.9 Å². The van der Waals surface area contributed by atoms with Crippen molar-refractivity contribution in [3.05, 3.63) is 81.8 Å². The van der Waals surface area contributed by atoms with Crippen LogP contribution in [0.15, 0.2) is 65.1 Å². The van der Waals surface area contributed by atoms with Crippen LogP contribution >= 0.6 is 0 Å². The summed E-state index contributed by atoms with van der Waals surface area (Å²) in [5.74, 6) is 0.143. The van der Waals surface area contributed by atoms with E-state index >= 15 is 0 Å². The zero-order valence-electron chi connectivity index (χ0n) is 14.9. The number of methoxy groups -OCH3 is 1. The zero-order chi connectivity index (χ0) is 19.7. The number of para-hydroxylation sites is 1. The number of nitriles is 1. The monoisotopic (exact) mass is 369 g/mol. The second kappa shape index (κ2) is 6.89. The van der Waals surface area contributed by atoms with Crippen LogP contribution < -0.4 is 10.3 Å². The van der Waals surface area contributed by atoms with E-state index in [1.54, 1.807) is 43.6 Å². The maximum Gasteiger partial charge on any atom is 0.255 e. The molecule has 4 aromatic rings. The summed E-state index contributed by atoms with van der Waals surface area (Å²) < 4.78 is 5.22. The summed E-state index contributed by atoms with van der Waals surface area (Å²) in [5.41, 5.74) is 1.56. The number of carbonyl (C=O) groups is 1. The van der Waals surface area contributed by atoms with Crippen molar-refractivity contribution in [2.24, 2.45) is 0 Å². The molecule has 0 spiro atoms. The van der Waals surface area contributed by atoms with Crippen LogP contribution in [0.5, 0.6) is 5.75 Å². The number of H-pyrrole nitrogens is 2. The van der Waals surface area contributed by atoms with Crippen molar-refractivity contribution in [3.63, 3.8) is 0 Å². The molecule has 0 unspecified atom stereocenters. The summed E-state index contributed by atoms with van der Waals surface area (Å²) >= 11 is 0. The summed E-state index contributed by atoms with van der Waals surface area (Å²) in [7, 11) is 1.54. The lowest BCUT2D eigenvalue weighted by molar-refractivity contribution is 0.104. The third-order valence-electron chi connectivity index (χ3n) is 4.58. The Bertz CT molecular complexity index is 1350. The number of ketones is 1. The molecule has 0 fully saturated rings. The van der Waals surface area contributed by atoms with E-state index in [0.29, 0.717) is 22.2 Å². The van der Waals surface area contributed by atoms with E-state index in [0.717, 1.165) is 10.9 Å². The van der Waals surface area contributed by atoms with Gasteiger partial charge in [-0.05, 0) is 41.8 Å². The number of pyridine rings is 1. The predicted molar refractivity (Wildman–Crippen MR) is 107 cm³/mol. The number of aromatic amines is 2. The molecule has 0 saturated carbocycles. The molecule has 2 aromatic heterocycles. The van der Waals surface area contributed by atoms with Crippen molar-refractivity contribution in [1.82, 2.24) is 9.97 Å². The number of hydrogen-bond acceptors (Lipinski definition) is 4. The lowest BCUT2D eigenvalue weighted by atomic mass is 10.0. The Morgan fingerprint density at radius 2 is 1.96 bits per heavy atom. The molecule has 2 aromatic carbocycles. The van der Waals surface area contributed by atoms with Crippen molar-refractivity contribution >= 4 is 33.7 Å². The number of allylic oxidation sites excluding steroid dienone is 1. The molecule has 2 N–H and O–H groups in total. The lowest BCUT2D eigenvalue weighted by Gasteiger charge is -2.02. The average molecular weight is 369 g/mol. The Kier molecular flexibility index (Phi) is 4.26. The number of benzene rings is 2. The number of aromatic nitrogens is 2. The van der Waals surface area contributed by atoms with Gasteiger partial charge in [0.2, 0.25) is 5.78 Å². The van der Waals surface area contributed by atoms with E-state index in [9.17, 15) is 14.9 Å². The molecule has 4 rings (SSSR count). The molecule has 0 aliphatic rings. The summed E-state index contributed by atoms with van der Waals surface area (Å²) in [6.07, 6.45) is 2.88. The molecule has 0 atom stereocenters. The van der Waals surface area contributed by atoms with Crippen molar-refractivity contribution in [3.8, 4) is 11.8 Å². The minimum Gasteiger partial charge on any atom is -0.497 e. The minimum absolute atomic E-state index is 0.121. The van der Waals surface area contributed by atoms with Gasteiger partial charge in [0.25, 0.3) is 5.56 Å². The molecule has 6 nitrogen and oxygen atoms in total. The first kappa shape index (κ1) is 17.3. The number of fused-ring (bicyclic) bond motifs is 2. The van der Waals surface area contributed by atoms with E-state index in [4.69, 9.17) is 4.74 Å². The molecule has 2 heterocycles. The molecule has 6 heteroatoms. The number of nitrogens with one attached hydrogen (secondary N) is 2. The van der Waals surface area contributed by atoms with Crippen molar-refractivity contribution < 1.29 is 9.53 Å². The molecule has 28 heavy (non-hydrogen) atoms. The van der Waals surface area contributed by atoms with Gasteiger partial charge in [0, 0.05) is 33.7 Å². The second-order valence-electron chi connectivity index (χ2n) is 6.25. The van der Waals surface area contributed by atoms with Gasteiger partial charge in [0.15, 0.2) is 0 Å². The molecule has 0 aliphatic carbocycles. The Labute approximate surface area is 159 Å². The Hall–Kier alpha value is -4.11. The van der Waals surface area contributed by atoms with Crippen LogP contribution in [-0.4, -0.2) is 22.9 Å². The van der Waals surface area contributed by atoms with Crippen LogP contribution in [0.4, 0.5) is 0 Å². The summed E-state index contributed by atoms with van der Waals surface area (Å²) in [6.45, 7) is 0. The van der Waals surface area contributed by atoms with Gasteiger partial charge in [-0.1, -0.05) is 18.2 Å². The van der Waals surface area contributed by atoms with Gasteiger partial charge in [0.1, 0.15) is 17.4 Å². The van der Waals surface area contributed by atoms with Gasteiger partial charge in [-0.2, -0.15) is 5.26 Å². The lowest BCUT2D eigenvalue weighted by Crippen LogP contribution is -2.10. The van der Waals surface area contributed by atoms with Crippen LogP contribution in [-0.2, 0) is 0 Å². The third-order valence-corrected chi connectivity index (χ3v) is 4.58. The van der Waals surface area contributed by atoms with Crippen LogP contribution in [0.25, 0.3) is 27.9 Å². The molecule has 0 aliphatic heterocycles. The van der Waals surface area contributed by atoms with E-state index in [2.05, 4.69) is 9.97 Å². The van der Waals surface area contributed by atoms with E-state index < -0.39 is 5.78 Å². The number of carbonyl (C=O) groups excluding carboxylic acids is 1. The van der Waals surface area contributed by atoms with E-state index in [1.807, 2.05) is 24.3 Å². The van der Waals surface area contributed by atoms with Crippen molar-refractivity contribution in [2.75, 3.05) is 7.11 Å². The van der Waals surface area contributed by atoms with Gasteiger partial charge in [0.05, 0.1) is 7.11 Å². The topological polar surface area (TPSA) is 98.7 Å². The summed E-state index contributed by atoms with van der Waals surface area (Å²) in [5, 5.41) is 11.0. The smallest absolute Gasteiger partial charge is 0.255 e. The molecule has 136 valence electrons. The highest BCUT2D eigenvalue weighted by Gasteiger charge is 2.18. The SMILES string of the molecule is COc1ccc2[nH]cc(C(=O)/C(C#N)=C/c3cc4ccccc4[nH]c3=O)c2c1. The number of Topliss-reactive ketones (excluding diaryl/α,β-unsaturated/α-hetero) is 1. The number of rotatable bonds is 4. The first-order valence-electron chi connectivity index (χ1n) is 8.54. The standard InChI is InChI=1S/C22H15N3O3/c1-28-16-6-7-20-17(10-16)18(12-24-20)21(26)15(11-23)9-14-8-13-4-2-3-5-19(13)25-22(14)27/h2-10,12,24H,1H3,(H,25,27)/b15-9+. The van der Waals surface area contributed by atoms with Crippen molar-refractivity contribution in [1.29, 1.82) is 5.26 Å². The number of nitrogens with zero attached hydrogens (tertiary/aromatic N) is 1. The van der Waals surface area contributed by atoms with Crippen LogP contribution in [0.2, 0.25) is 0 Å². The molecule has 0 amide bonds. The average Bonchev–Trinajstić information content (AvgIpc) is 3.14. The van der Waals surface area contributed by atoms with Crippen LogP contribution in [0.3, 0.4) is 0 Å². The highest BCUT2D eigenvalue weighted by molar-refractivity contribution is 6.20. The van der Waals surface area contributed by atoms with Crippen molar-refractivity contribution in [2.45, 2.75) is 0 Å². The fourth-order valence-electron chi connectivity index (χ4n) is 3.14. The maximum atomic E-state index is 13.0. The molecule has 0 saturated heterocycles. The first-order valence-corrected chi connectivity index (χ1v) is 8.54. The van der Waals surface area contributed by atoms with Gasteiger partial charge >= 0.3 is 0 Å². The molecule has 0 bridgehead atoms. The fraction of sp³-hybridized carbons (Fsp3) is 0.0455. The maximum absolute atomic E-state index is 13.0. The fourth-order valence-corrected chi connectivity index (χ4v) is 3.14. The normalized spacial score (nSPS) is 11.5. The molecular weight excluding hydrogens is 354 g/mol. The van der Waals surface area contributed by atoms with Gasteiger partial charge in [-0.3, -0.25) is 9.59 Å². The third kappa shape index (κ3) is 2.95. The predicted octanol–water partition coefficient (Wildman–Crippen LogP) is 3.81. The first-order chi connectivity index (χ1) is 13.6. The van der Waals surface area contributed by atoms with Gasteiger partial charge in [-0.15, -0.1) is 0 Å². The van der Waals surface area contributed by atoms with E-state index in [1.165, 1.54) is 6.08 Å².